The molecule has 3 aromatic heterocycles. The maximum atomic E-state index is 13.4. The molecule has 37 heavy (non-hydrogen) atoms. The number of anilines is 2. The summed E-state index contributed by atoms with van der Waals surface area (Å²) in [5.74, 6) is -0.507. The maximum Gasteiger partial charge on any atom is 0.435 e. The summed E-state index contributed by atoms with van der Waals surface area (Å²) in [6.45, 7) is 5.11. The van der Waals surface area contributed by atoms with Crippen LogP contribution in [0.4, 0.5) is 24.8 Å². The topological polar surface area (TPSA) is 119 Å². The molecule has 0 bridgehead atoms. The van der Waals surface area contributed by atoms with Gasteiger partial charge in [0.25, 0.3) is 0 Å². The van der Waals surface area contributed by atoms with Crippen molar-refractivity contribution in [1.29, 1.82) is 5.26 Å². The molecule has 0 fully saturated rings. The van der Waals surface area contributed by atoms with Crippen LogP contribution in [0.2, 0.25) is 0 Å². The molecule has 0 spiro atoms. The summed E-state index contributed by atoms with van der Waals surface area (Å²) in [5.41, 5.74) is 1.66. The van der Waals surface area contributed by atoms with Crippen LogP contribution in [-0.2, 0) is 10.9 Å². The number of rotatable bonds is 6. The van der Waals surface area contributed by atoms with Gasteiger partial charge < -0.3 is 10.1 Å². The van der Waals surface area contributed by atoms with Gasteiger partial charge in [0.05, 0.1) is 23.8 Å². The number of ether oxygens (including phenoxy) is 1. The molecular formula is C25H20F3N7O2. The predicted octanol–water partition coefficient (Wildman–Crippen LogP) is 5.15. The molecule has 0 unspecified atom stereocenters. The minimum absolute atomic E-state index is 0.0291. The van der Waals surface area contributed by atoms with E-state index < -0.39 is 17.8 Å². The van der Waals surface area contributed by atoms with Crippen LogP contribution in [-0.4, -0.2) is 37.3 Å². The van der Waals surface area contributed by atoms with Gasteiger partial charge in [-0.25, -0.2) is 14.5 Å². The minimum atomic E-state index is -4.66. The molecule has 0 aliphatic rings. The number of halogens is 3. The molecule has 1 N–H and O–H groups in total. The SMILES string of the molecule is CCOC(=O)c1cncc(-c2cnc(Nc3cc(C)cc(C#N)c3)nc2-n2nc(C(F)(F)F)cc2C)c1. The summed E-state index contributed by atoms with van der Waals surface area (Å²) in [4.78, 5) is 25.0. The molecule has 0 saturated heterocycles. The first-order chi connectivity index (χ1) is 17.6. The summed E-state index contributed by atoms with van der Waals surface area (Å²) in [6, 6.07) is 9.53. The molecule has 4 rings (SSSR count). The summed E-state index contributed by atoms with van der Waals surface area (Å²) in [6.07, 6.45) is -0.512. The van der Waals surface area contributed by atoms with Gasteiger partial charge in [-0.2, -0.15) is 28.5 Å². The summed E-state index contributed by atoms with van der Waals surface area (Å²) < 4.78 is 46.3. The molecule has 0 atom stereocenters. The summed E-state index contributed by atoms with van der Waals surface area (Å²) >= 11 is 0. The van der Waals surface area contributed by atoms with Gasteiger partial charge in [0.15, 0.2) is 11.5 Å². The van der Waals surface area contributed by atoms with Crippen molar-refractivity contribution in [3.63, 3.8) is 0 Å². The molecule has 0 radical (unpaired) electrons. The second-order valence-electron chi connectivity index (χ2n) is 8.02. The van der Waals surface area contributed by atoms with Gasteiger partial charge in [-0.05, 0) is 56.7 Å². The number of nitrogens with zero attached hydrogens (tertiary/aromatic N) is 6. The number of aryl methyl sites for hydroxylation is 2. The van der Waals surface area contributed by atoms with Crippen LogP contribution in [0.5, 0.6) is 0 Å². The second-order valence-corrected chi connectivity index (χ2v) is 8.02. The number of carbonyl (C=O) groups excluding carboxylic acids is 1. The third-order valence-electron chi connectivity index (χ3n) is 5.17. The fourth-order valence-electron chi connectivity index (χ4n) is 3.59. The van der Waals surface area contributed by atoms with Crippen LogP contribution in [0, 0.1) is 25.2 Å². The first kappa shape index (κ1) is 25.3. The number of esters is 1. The highest BCUT2D eigenvalue weighted by Gasteiger charge is 2.35. The Morgan fingerprint density at radius 3 is 2.59 bits per heavy atom. The van der Waals surface area contributed by atoms with Crippen molar-refractivity contribution in [1.82, 2.24) is 24.7 Å². The lowest BCUT2D eigenvalue weighted by Gasteiger charge is -2.14. The van der Waals surface area contributed by atoms with Crippen LogP contribution in [0.15, 0.2) is 48.9 Å². The van der Waals surface area contributed by atoms with E-state index in [2.05, 4.69) is 31.4 Å². The number of alkyl halides is 3. The summed E-state index contributed by atoms with van der Waals surface area (Å²) in [5, 5.41) is 16.0. The molecule has 4 aromatic rings. The normalized spacial score (nSPS) is 11.2. The van der Waals surface area contributed by atoms with Crippen molar-refractivity contribution >= 4 is 17.6 Å². The van der Waals surface area contributed by atoms with E-state index in [0.29, 0.717) is 16.8 Å². The first-order valence-electron chi connectivity index (χ1n) is 11.0. The largest absolute Gasteiger partial charge is 0.462 e. The molecule has 9 nitrogen and oxygen atoms in total. The van der Waals surface area contributed by atoms with Crippen molar-refractivity contribution < 1.29 is 22.7 Å². The van der Waals surface area contributed by atoms with Gasteiger partial charge in [0.2, 0.25) is 5.95 Å². The van der Waals surface area contributed by atoms with Crippen molar-refractivity contribution in [3.8, 4) is 23.0 Å². The van der Waals surface area contributed by atoms with Gasteiger partial charge in [0, 0.05) is 41.1 Å². The molecular weight excluding hydrogens is 487 g/mol. The van der Waals surface area contributed by atoms with E-state index >= 15 is 0 Å². The molecule has 0 aliphatic heterocycles. The Hall–Kier alpha value is -4.79. The monoisotopic (exact) mass is 507 g/mol. The number of aromatic nitrogens is 5. The van der Waals surface area contributed by atoms with Crippen molar-refractivity contribution in [2.75, 3.05) is 11.9 Å². The third-order valence-corrected chi connectivity index (χ3v) is 5.17. The lowest BCUT2D eigenvalue weighted by atomic mass is 10.1. The number of pyridine rings is 1. The highest BCUT2D eigenvalue weighted by molar-refractivity contribution is 5.91. The lowest BCUT2D eigenvalue weighted by Crippen LogP contribution is -2.11. The van der Waals surface area contributed by atoms with E-state index in [1.165, 1.54) is 31.6 Å². The zero-order valence-corrected chi connectivity index (χ0v) is 20.0. The number of nitriles is 1. The third kappa shape index (κ3) is 5.56. The fraction of sp³-hybridized carbons (Fsp3) is 0.200. The quantitative estimate of drug-likeness (QED) is 0.356. The predicted molar refractivity (Wildman–Crippen MR) is 127 cm³/mol. The summed E-state index contributed by atoms with van der Waals surface area (Å²) in [7, 11) is 0. The number of benzene rings is 1. The average Bonchev–Trinajstić information content (AvgIpc) is 3.26. The Kier molecular flexibility index (Phi) is 6.88. The van der Waals surface area contributed by atoms with E-state index in [4.69, 9.17) is 4.74 Å². The Labute approximate surface area is 209 Å². The maximum absolute atomic E-state index is 13.4. The van der Waals surface area contributed by atoms with Crippen molar-refractivity contribution in [2.24, 2.45) is 0 Å². The highest BCUT2D eigenvalue weighted by atomic mass is 19.4. The van der Waals surface area contributed by atoms with Crippen molar-refractivity contribution in [3.05, 3.63) is 77.0 Å². The highest BCUT2D eigenvalue weighted by Crippen LogP contribution is 2.32. The molecule has 12 heteroatoms. The zero-order valence-electron chi connectivity index (χ0n) is 20.0. The molecule has 188 valence electrons. The smallest absolute Gasteiger partial charge is 0.435 e. The van der Waals surface area contributed by atoms with E-state index in [1.807, 2.05) is 6.92 Å². The van der Waals surface area contributed by atoms with E-state index in [1.54, 1.807) is 25.1 Å². The minimum Gasteiger partial charge on any atom is -0.462 e. The van der Waals surface area contributed by atoms with Crippen LogP contribution in [0.3, 0.4) is 0 Å². The molecule has 0 aliphatic carbocycles. The number of hydrogen-bond acceptors (Lipinski definition) is 8. The first-order valence-corrected chi connectivity index (χ1v) is 11.0. The molecule has 1 aromatic carbocycles. The van der Waals surface area contributed by atoms with Crippen LogP contribution in [0.1, 0.15) is 39.8 Å². The molecule has 0 amide bonds. The van der Waals surface area contributed by atoms with Gasteiger partial charge >= 0.3 is 12.1 Å². The average molecular weight is 507 g/mol. The number of nitrogens with one attached hydrogen (secondary N) is 1. The van der Waals surface area contributed by atoms with Crippen LogP contribution < -0.4 is 5.32 Å². The van der Waals surface area contributed by atoms with Crippen molar-refractivity contribution in [2.45, 2.75) is 26.9 Å². The van der Waals surface area contributed by atoms with Crippen LogP contribution >= 0.6 is 0 Å². The van der Waals surface area contributed by atoms with Gasteiger partial charge in [-0.1, -0.05) is 0 Å². The Morgan fingerprint density at radius 2 is 1.92 bits per heavy atom. The van der Waals surface area contributed by atoms with Gasteiger partial charge in [-0.15, -0.1) is 0 Å². The Bertz CT molecular complexity index is 1520. The van der Waals surface area contributed by atoms with E-state index in [9.17, 15) is 23.2 Å². The number of hydrogen-bond donors (Lipinski definition) is 1. The number of carbonyl (C=O) groups is 1. The molecule has 0 saturated carbocycles. The second kappa shape index (κ2) is 10.1. The fourth-order valence-corrected chi connectivity index (χ4v) is 3.59. The van der Waals surface area contributed by atoms with E-state index in [0.717, 1.165) is 16.3 Å². The van der Waals surface area contributed by atoms with Gasteiger partial charge in [-0.3, -0.25) is 4.98 Å². The molecule has 3 heterocycles. The Morgan fingerprint density at radius 1 is 1.14 bits per heavy atom. The van der Waals surface area contributed by atoms with E-state index in [-0.39, 0.29) is 35.2 Å². The van der Waals surface area contributed by atoms with Gasteiger partial charge in [0.1, 0.15) is 0 Å². The Balaban J connectivity index is 1.86. The zero-order chi connectivity index (χ0) is 26.7. The lowest BCUT2D eigenvalue weighted by molar-refractivity contribution is -0.141. The van der Waals surface area contributed by atoms with Crippen LogP contribution in [0.25, 0.3) is 16.9 Å². The standard InChI is InChI=1S/C25H20F3N7O2/c1-4-37-23(36)18-9-17(11-30-12-18)20-13-31-24(32-19-6-14(2)5-16(8-19)10-29)33-22(20)35-15(3)7-21(34-35)25(26,27)28/h5-9,11-13H,4H2,1-3H3,(H,31,32,33).